The smallest absolute Gasteiger partial charge is 0.380 e. The number of aromatic nitrogens is 4. The zero-order valence-corrected chi connectivity index (χ0v) is 13.3. The molecule has 8 nitrogen and oxygen atoms in total. The molecule has 118 valence electrons. The van der Waals surface area contributed by atoms with Crippen LogP contribution in [0.2, 0.25) is 0 Å². The fourth-order valence-electron chi connectivity index (χ4n) is 1.92. The van der Waals surface area contributed by atoms with Gasteiger partial charge >= 0.3 is 5.97 Å². The van der Waals surface area contributed by atoms with Crippen molar-refractivity contribution < 1.29 is 9.63 Å². The molecule has 3 aromatic rings. The summed E-state index contributed by atoms with van der Waals surface area (Å²) < 4.78 is 1.73. The molecule has 3 N–H and O–H groups in total. The lowest BCUT2D eigenvalue weighted by atomic mass is 10.2. The van der Waals surface area contributed by atoms with E-state index in [1.807, 2.05) is 25.4 Å². The van der Waals surface area contributed by atoms with Crippen LogP contribution in [0, 0.1) is 6.92 Å². The maximum atomic E-state index is 12.0. The molecule has 0 bridgehead atoms. The molecule has 0 spiro atoms. The van der Waals surface area contributed by atoms with Gasteiger partial charge in [0.15, 0.2) is 5.84 Å². The summed E-state index contributed by atoms with van der Waals surface area (Å²) in [4.78, 5) is 17.5. The average Bonchev–Trinajstić information content (AvgIpc) is 3.27. The number of rotatable bonds is 4. The number of aromatic amines is 1. The van der Waals surface area contributed by atoms with Crippen LogP contribution in [0.3, 0.4) is 0 Å². The molecule has 0 radical (unpaired) electrons. The predicted molar refractivity (Wildman–Crippen MR) is 86.0 cm³/mol. The lowest BCUT2D eigenvalue weighted by molar-refractivity contribution is 0.0509. The maximum Gasteiger partial charge on any atom is 0.383 e. The summed E-state index contributed by atoms with van der Waals surface area (Å²) in [7, 11) is 1.84. The highest BCUT2D eigenvalue weighted by atomic mass is 32.1. The number of nitrogens with zero attached hydrogens (tertiary/aromatic N) is 4. The van der Waals surface area contributed by atoms with E-state index in [-0.39, 0.29) is 11.5 Å². The third-order valence-electron chi connectivity index (χ3n) is 3.31. The molecule has 0 aliphatic heterocycles. The van der Waals surface area contributed by atoms with E-state index in [0.717, 1.165) is 16.1 Å². The van der Waals surface area contributed by atoms with Crippen molar-refractivity contribution in [3.8, 4) is 11.3 Å². The Morgan fingerprint density at radius 3 is 3.00 bits per heavy atom. The first-order valence-electron chi connectivity index (χ1n) is 6.69. The molecule has 3 rings (SSSR count). The fraction of sp³-hybridized carbons (Fsp3) is 0.143. The third kappa shape index (κ3) is 2.99. The molecule has 0 fully saturated rings. The summed E-state index contributed by atoms with van der Waals surface area (Å²) >= 11 is 1.41. The second kappa shape index (κ2) is 6.05. The Bertz CT molecular complexity index is 862. The quantitative estimate of drug-likeness (QED) is 0.327. The van der Waals surface area contributed by atoms with E-state index in [9.17, 15) is 4.79 Å². The van der Waals surface area contributed by atoms with Crippen molar-refractivity contribution >= 4 is 23.1 Å². The number of carbonyl (C=O) groups excluding carboxylic acids is 1. The number of nitrogens with one attached hydrogen (secondary N) is 1. The van der Waals surface area contributed by atoms with Gasteiger partial charge in [0.25, 0.3) is 0 Å². The number of hydrogen-bond acceptors (Lipinski definition) is 6. The van der Waals surface area contributed by atoms with Crippen LogP contribution >= 0.6 is 11.3 Å². The summed E-state index contributed by atoms with van der Waals surface area (Å²) in [6, 6.07) is 5.21. The van der Waals surface area contributed by atoms with Crippen LogP contribution in [0.25, 0.3) is 11.3 Å². The van der Waals surface area contributed by atoms with E-state index in [1.54, 1.807) is 23.0 Å². The van der Waals surface area contributed by atoms with E-state index in [1.165, 1.54) is 11.3 Å². The monoisotopic (exact) mass is 330 g/mol. The largest absolute Gasteiger partial charge is 0.383 e. The van der Waals surface area contributed by atoms with Gasteiger partial charge in [-0.2, -0.15) is 10.2 Å². The van der Waals surface area contributed by atoms with Crippen molar-refractivity contribution in [1.82, 2.24) is 20.0 Å². The number of H-pyrrole nitrogens is 1. The van der Waals surface area contributed by atoms with E-state index in [4.69, 9.17) is 10.6 Å². The van der Waals surface area contributed by atoms with Gasteiger partial charge < -0.3 is 10.6 Å². The number of carbonyl (C=O) groups is 1. The fourth-order valence-corrected chi connectivity index (χ4v) is 2.54. The van der Waals surface area contributed by atoms with Crippen molar-refractivity contribution in [3.63, 3.8) is 0 Å². The van der Waals surface area contributed by atoms with Gasteiger partial charge in [0.05, 0.1) is 16.8 Å². The molecule has 0 saturated carbocycles. The van der Waals surface area contributed by atoms with Gasteiger partial charge in [-0.3, -0.25) is 9.78 Å². The van der Waals surface area contributed by atoms with Crippen LogP contribution in [0.5, 0.6) is 0 Å². The maximum absolute atomic E-state index is 12.0. The Balaban J connectivity index is 1.74. The van der Waals surface area contributed by atoms with Crippen LogP contribution < -0.4 is 5.73 Å². The van der Waals surface area contributed by atoms with Crippen molar-refractivity contribution in [3.05, 3.63) is 46.0 Å². The first-order valence-corrected chi connectivity index (χ1v) is 7.57. The minimum Gasteiger partial charge on any atom is -0.380 e. The second-order valence-corrected chi connectivity index (χ2v) is 5.71. The molecule has 0 amide bonds. The number of thiophene rings is 1. The molecule has 0 unspecified atom stereocenters. The molecule has 0 aliphatic carbocycles. The Morgan fingerprint density at radius 2 is 2.35 bits per heavy atom. The minimum atomic E-state index is -0.662. The van der Waals surface area contributed by atoms with E-state index in [2.05, 4.69) is 20.5 Å². The molecule has 0 aromatic carbocycles. The Labute approximate surface area is 135 Å². The van der Waals surface area contributed by atoms with Crippen molar-refractivity contribution in [2.75, 3.05) is 0 Å². The van der Waals surface area contributed by atoms with Gasteiger partial charge in [0, 0.05) is 18.3 Å². The highest BCUT2D eigenvalue weighted by molar-refractivity contribution is 7.12. The zero-order chi connectivity index (χ0) is 16.4. The zero-order valence-electron chi connectivity index (χ0n) is 12.5. The first kappa shape index (κ1) is 15.0. The minimum absolute atomic E-state index is 0.149. The van der Waals surface area contributed by atoms with Crippen LogP contribution in [-0.4, -0.2) is 31.8 Å². The lowest BCUT2D eigenvalue weighted by Crippen LogP contribution is -2.13. The molecule has 0 atom stereocenters. The summed E-state index contributed by atoms with van der Waals surface area (Å²) in [6.07, 6.45) is 1.69. The van der Waals surface area contributed by atoms with E-state index >= 15 is 0 Å². The summed E-state index contributed by atoms with van der Waals surface area (Å²) in [6.45, 7) is 1.92. The number of amidine groups is 1. The molecular weight excluding hydrogens is 316 g/mol. The highest BCUT2D eigenvalue weighted by Crippen LogP contribution is 2.21. The van der Waals surface area contributed by atoms with Gasteiger partial charge in [-0.25, -0.2) is 4.79 Å². The number of hydrogen-bond donors (Lipinski definition) is 2. The van der Waals surface area contributed by atoms with Crippen molar-refractivity contribution in [2.45, 2.75) is 6.92 Å². The highest BCUT2D eigenvalue weighted by Gasteiger charge is 2.15. The predicted octanol–water partition coefficient (Wildman–Crippen LogP) is 1.66. The van der Waals surface area contributed by atoms with Crippen molar-refractivity contribution in [2.24, 2.45) is 17.9 Å². The Kier molecular flexibility index (Phi) is 3.94. The summed E-state index contributed by atoms with van der Waals surface area (Å²) in [5.74, 6) is -0.513. The first-order chi connectivity index (χ1) is 11.1. The van der Waals surface area contributed by atoms with Gasteiger partial charge in [0.2, 0.25) is 0 Å². The van der Waals surface area contributed by atoms with Crippen LogP contribution in [0.1, 0.15) is 21.1 Å². The van der Waals surface area contributed by atoms with E-state index < -0.39 is 5.97 Å². The molecule has 23 heavy (non-hydrogen) atoms. The lowest BCUT2D eigenvalue weighted by Gasteiger charge is -1.96. The SMILES string of the molecule is Cc1c(-c2cc(C(=O)O/N=C(\N)c3cccs3)[nH]n2)cnn1C. The standard InChI is InChI=1S/C14H14N6O2S/c1-8-9(7-16-20(8)2)10-6-11(18-17-10)14(21)22-19-13(15)12-4-3-5-23-12/h3-7H,1-2H3,(H2,15,19)(H,17,18). The van der Waals surface area contributed by atoms with Crippen LogP contribution in [0.15, 0.2) is 34.9 Å². The molecular formula is C14H14N6O2S. The van der Waals surface area contributed by atoms with E-state index in [0.29, 0.717) is 5.69 Å². The molecule has 0 saturated heterocycles. The number of aryl methyl sites for hydroxylation is 1. The molecule has 3 heterocycles. The Hall–Kier alpha value is -2.94. The van der Waals surface area contributed by atoms with Gasteiger partial charge in [-0.15, -0.1) is 11.3 Å². The Morgan fingerprint density at radius 1 is 1.52 bits per heavy atom. The number of oxime groups is 1. The van der Waals surface area contributed by atoms with Crippen LogP contribution in [-0.2, 0) is 11.9 Å². The molecule has 0 aliphatic rings. The average molecular weight is 330 g/mol. The topological polar surface area (TPSA) is 111 Å². The summed E-state index contributed by atoms with van der Waals surface area (Å²) in [5, 5.41) is 16.4. The third-order valence-corrected chi connectivity index (χ3v) is 4.20. The van der Waals surface area contributed by atoms with Crippen LogP contribution in [0.4, 0.5) is 0 Å². The summed E-state index contributed by atoms with van der Waals surface area (Å²) in [5.41, 5.74) is 8.30. The number of nitrogens with two attached hydrogens (primary N) is 1. The van der Waals surface area contributed by atoms with Gasteiger partial charge in [-0.05, 0) is 24.4 Å². The second-order valence-electron chi connectivity index (χ2n) is 4.77. The van der Waals surface area contributed by atoms with Crippen molar-refractivity contribution in [1.29, 1.82) is 0 Å². The molecule has 3 aromatic heterocycles. The van der Waals surface area contributed by atoms with Gasteiger partial charge in [-0.1, -0.05) is 11.2 Å². The van der Waals surface area contributed by atoms with Gasteiger partial charge in [0.1, 0.15) is 5.69 Å². The normalized spacial score (nSPS) is 11.7. The molecule has 9 heteroatoms.